The van der Waals surface area contributed by atoms with Crippen molar-refractivity contribution in [2.75, 3.05) is 20.1 Å². The molecule has 5 heteroatoms. The van der Waals surface area contributed by atoms with Crippen LogP contribution in [0.3, 0.4) is 0 Å². The quantitative estimate of drug-likeness (QED) is 0.511. The molecule has 148 valence electrons. The summed E-state index contributed by atoms with van der Waals surface area (Å²) in [4.78, 5) is 6.54. The largest absolute Gasteiger partial charge is 0.460 e. The number of aryl methyl sites for hydroxylation is 1. The van der Waals surface area contributed by atoms with Crippen molar-refractivity contribution < 1.29 is 9.62 Å². The maximum absolute atomic E-state index is 9.22. The van der Waals surface area contributed by atoms with Crippen LogP contribution < -0.4 is 0 Å². The number of oxime groups is 1. The van der Waals surface area contributed by atoms with Gasteiger partial charge in [0.15, 0.2) is 0 Å². The van der Waals surface area contributed by atoms with Crippen molar-refractivity contribution in [2.45, 2.75) is 31.6 Å². The molecule has 2 aliphatic rings. The average molecular weight is 387 g/mol. The Balaban J connectivity index is 1.60. The minimum Gasteiger partial charge on any atom is -0.460 e. The first kappa shape index (κ1) is 18.1. The second-order valence-corrected chi connectivity index (χ2v) is 8.15. The number of pyridine rings is 1. The van der Waals surface area contributed by atoms with Gasteiger partial charge in [0, 0.05) is 41.5 Å². The third-order valence-electron chi connectivity index (χ3n) is 6.20. The summed E-state index contributed by atoms with van der Waals surface area (Å²) in [6.45, 7) is 2.18. The Morgan fingerprint density at radius 1 is 1.07 bits per heavy atom. The number of hydrogen-bond donors (Lipinski definition) is 1. The molecule has 0 amide bonds. The maximum Gasteiger partial charge on any atom is 0.142 e. The van der Waals surface area contributed by atoms with E-state index in [1.807, 2.05) is 24.5 Å². The van der Waals surface area contributed by atoms with Crippen LogP contribution in [0.15, 0.2) is 58.4 Å². The van der Waals surface area contributed by atoms with Gasteiger partial charge >= 0.3 is 0 Å². The van der Waals surface area contributed by atoms with Crippen molar-refractivity contribution in [3.63, 3.8) is 0 Å². The molecule has 0 saturated carbocycles. The molecule has 1 aliphatic carbocycles. The van der Waals surface area contributed by atoms with Crippen molar-refractivity contribution in [3.05, 3.63) is 65.7 Å². The van der Waals surface area contributed by atoms with Gasteiger partial charge < -0.3 is 14.5 Å². The standard InChI is InChI=1S/C24H25N3O2/c1-27-12-2-3-19(15-27)23-14-21(24(29-23)16-8-10-25-11-9-16)18-4-6-20-17(13-18)5-7-22(20)26-28/h4,6,8-11,13-14,19,28H,2-3,5,7,12,15H2,1H3. The van der Waals surface area contributed by atoms with E-state index in [1.165, 1.54) is 12.0 Å². The van der Waals surface area contributed by atoms with Crippen LogP contribution in [0.5, 0.6) is 0 Å². The van der Waals surface area contributed by atoms with Crippen molar-refractivity contribution in [3.8, 4) is 22.5 Å². The Morgan fingerprint density at radius 3 is 2.72 bits per heavy atom. The number of hydrogen-bond acceptors (Lipinski definition) is 5. The Bertz CT molecular complexity index is 1060. The first-order chi connectivity index (χ1) is 14.2. The highest BCUT2D eigenvalue weighted by Crippen LogP contribution is 2.40. The fourth-order valence-electron chi connectivity index (χ4n) is 4.68. The number of likely N-dealkylation sites (tertiary alicyclic amines) is 1. The molecule has 1 atom stereocenters. The average Bonchev–Trinajstić information content (AvgIpc) is 3.38. The van der Waals surface area contributed by atoms with Crippen LogP contribution in [0, 0.1) is 0 Å². The molecule has 5 rings (SSSR count). The van der Waals surface area contributed by atoms with Gasteiger partial charge in [-0.2, -0.15) is 0 Å². The number of nitrogens with zero attached hydrogens (tertiary/aromatic N) is 3. The van der Waals surface area contributed by atoms with E-state index in [4.69, 9.17) is 4.42 Å². The molecule has 0 bridgehead atoms. The summed E-state index contributed by atoms with van der Waals surface area (Å²) in [6.07, 6.45) is 7.67. The van der Waals surface area contributed by atoms with Crippen LogP contribution in [-0.4, -0.2) is 40.9 Å². The highest BCUT2D eigenvalue weighted by Gasteiger charge is 2.26. The highest BCUT2D eigenvalue weighted by molar-refractivity contribution is 6.04. The zero-order chi connectivity index (χ0) is 19.8. The summed E-state index contributed by atoms with van der Waals surface area (Å²) >= 11 is 0. The van der Waals surface area contributed by atoms with Gasteiger partial charge in [0.2, 0.25) is 0 Å². The topological polar surface area (TPSA) is 61.9 Å². The maximum atomic E-state index is 9.22. The van der Waals surface area contributed by atoms with E-state index in [1.54, 1.807) is 0 Å². The number of benzene rings is 1. The third kappa shape index (κ3) is 3.36. The third-order valence-corrected chi connectivity index (χ3v) is 6.20. The van der Waals surface area contributed by atoms with Crippen LogP contribution in [0.1, 0.15) is 42.1 Å². The second-order valence-electron chi connectivity index (χ2n) is 8.15. The minimum absolute atomic E-state index is 0.422. The summed E-state index contributed by atoms with van der Waals surface area (Å²) in [5.41, 5.74) is 6.38. The smallest absolute Gasteiger partial charge is 0.142 e. The van der Waals surface area contributed by atoms with E-state index in [9.17, 15) is 5.21 Å². The van der Waals surface area contributed by atoms with Gasteiger partial charge in [-0.3, -0.25) is 4.98 Å². The van der Waals surface area contributed by atoms with E-state index < -0.39 is 0 Å². The van der Waals surface area contributed by atoms with Gasteiger partial charge in [-0.25, -0.2) is 0 Å². The molecule has 29 heavy (non-hydrogen) atoms. The van der Waals surface area contributed by atoms with Crippen LogP contribution >= 0.6 is 0 Å². The monoisotopic (exact) mass is 387 g/mol. The Hall–Kier alpha value is -2.92. The molecular formula is C24H25N3O2. The molecule has 1 aromatic carbocycles. The van der Waals surface area contributed by atoms with Crippen molar-refractivity contribution in [2.24, 2.45) is 5.16 Å². The molecule has 0 radical (unpaired) electrons. The van der Waals surface area contributed by atoms with Gasteiger partial charge in [0.25, 0.3) is 0 Å². The van der Waals surface area contributed by atoms with E-state index in [0.717, 1.165) is 71.8 Å². The lowest BCUT2D eigenvalue weighted by atomic mass is 9.94. The van der Waals surface area contributed by atoms with E-state index in [0.29, 0.717) is 5.92 Å². The van der Waals surface area contributed by atoms with Gasteiger partial charge in [-0.05, 0) is 68.6 Å². The van der Waals surface area contributed by atoms with Crippen LogP contribution in [0.4, 0.5) is 0 Å². The number of likely N-dealkylation sites (N-methyl/N-ethyl adjacent to an activating group) is 1. The normalized spacial score (nSPS) is 20.9. The summed E-state index contributed by atoms with van der Waals surface area (Å²) in [5, 5.41) is 12.7. The fourth-order valence-corrected chi connectivity index (χ4v) is 4.68. The molecular weight excluding hydrogens is 362 g/mol. The summed E-state index contributed by atoms with van der Waals surface area (Å²) < 4.78 is 6.49. The van der Waals surface area contributed by atoms with E-state index in [2.05, 4.69) is 46.4 Å². The highest BCUT2D eigenvalue weighted by atomic mass is 16.4. The fraction of sp³-hybridized carbons (Fsp3) is 0.333. The summed E-state index contributed by atoms with van der Waals surface area (Å²) in [5.74, 6) is 2.40. The van der Waals surface area contributed by atoms with Gasteiger partial charge in [-0.15, -0.1) is 0 Å². The summed E-state index contributed by atoms with van der Waals surface area (Å²) in [6, 6.07) is 12.6. The molecule has 1 saturated heterocycles. The van der Waals surface area contributed by atoms with Gasteiger partial charge in [0.05, 0.1) is 5.71 Å². The van der Waals surface area contributed by atoms with Crippen LogP contribution in [0.2, 0.25) is 0 Å². The predicted molar refractivity (Wildman–Crippen MR) is 113 cm³/mol. The minimum atomic E-state index is 0.422. The lowest BCUT2D eigenvalue weighted by Crippen LogP contribution is -2.30. The molecule has 1 N–H and O–H groups in total. The van der Waals surface area contributed by atoms with Gasteiger partial charge in [-0.1, -0.05) is 23.4 Å². The molecule has 3 heterocycles. The Labute approximate surface area is 170 Å². The number of rotatable bonds is 3. The van der Waals surface area contributed by atoms with Gasteiger partial charge in [0.1, 0.15) is 11.5 Å². The van der Waals surface area contributed by atoms with Crippen molar-refractivity contribution >= 4 is 5.71 Å². The number of fused-ring (bicyclic) bond motifs is 1. The summed E-state index contributed by atoms with van der Waals surface area (Å²) in [7, 11) is 2.18. The van der Waals surface area contributed by atoms with E-state index >= 15 is 0 Å². The Kier molecular flexibility index (Phi) is 4.68. The van der Waals surface area contributed by atoms with Crippen LogP contribution in [0.25, 0.3) is 22.5 Å². The second kappa shape index (κ2) is 7.48. The molecule has 3 aromatic rings. The molecule has 2 aromatic heterocycles. The molecule has 1 fully saturated rings. The first-order valence-electron chi connectivity index (χ1n) is 10.3. The SMILES string of the molecule is CN1CCCC(c2cc(-c3ccc4c(c3)CCC4=NO)c(-c3ccncc3)o2)C1. The zero-order valence-corrected chi connectivity index (χ0v) is 16.6. The predicted octanol–water partition coefficient (Wildman–Crippen LogP) is 4.94. The Morgan fingerprint density at radius 2 is 1.93 bits per heavy atom. The number of furan rings is 1. The number of aromatic nitrogens is 1. The van der Waals surface area contributed by atoms with Crippen molar-refractivity contribution in [1.29, 1.82) is 0 Å². The lowest BCUT2D eigenvalue weighted by Gasteiger charge is -2.28. The van der Waals surface area contributed by atoms with E-state index in [-0.39, 0.29) is 0 Å². The molecule has 1 unspecified atom stereocenters. The zero-order valence-electron chi connectivity index (χ0n) is 16.6. The lowest BCUT2D eigenvalue weighted by molar-refractivity contribution is 0.235. The van der Waals surface area contributed by atoms with Crippen LogP contribution in [-0.2, 0) is 6.42 Å². The number of piperidine rings is 1. The molecule has 0 spiro atoms. The van der Waals surface area contributed by atoms with Crippen molar-refractivity contribution in [1.82, 2.24) is 9.88 Å². The molecule has 1 aliphatic heterocycles. The first-order valence-corrected chi connectivity index (χ1v) is 10.3. The molecule has 5 nitrogen and oxygen atoms in total.